The van der Waals surface area contributed by atoms with Crippen molar-refractivity contribution in [1.82, 2.24) is 4.90 Å². The van der Waals surface area contributed by atoms with Crippen LogP contribution in [0, 0.1) is 0 Å². The van der Waals surface area contributed by atoms with E-state index in [1.165, 1.54) is 7.11 Å². The van der Waals surface area contributed by atoms with Gasteiger partial charge in [-0.1, -0.05) is 0 Å². The predicted molar refractivity (Wildman–Crippen MR) is 41.6 cm³/mol. The number of nitrogens with zero attached hydrogens (tertiary/aromatic N) is 1. The summed E-state index contributed by atoms with van der Waals surface area (Å²) in [6.45, 7) is 0.128. The number of carbonyl (C=O) groups is 2. The van der Waals surface area contributed by atoms with Crippen LogP contribution in [0.2, 0.25) is 0 Å². The Bertz CT molecular complexity index is 207. The molecule has 6 nitrogen and oxygen atoms in total. The van der Waals surface area contributed by atoms with Gasteiger partial charge in [0.15, 0.2) is 0 Å². The fraction of sp³-hybridized carbons (Fsp3) is 0.714. The van der Waals surface area contributed by atoms with Gasteiger partial charge in [0.05, 0.1) is 12.6 Å². The van der Waals surface area contributed by atoms with Crippen LogP contribution in [0.4, 0.5) is 4.79 Å². The number of aliphatic carboxylic acids is 1. The van der Waals surface area contributed by atoms with E-state index in [9.17, 15) is 9.59 Å². The quantitative estimate of drug-likeness (QED) is 0.630. The van der Waals surface area contributed by atoms with Crippen molar-refractivity contribution in [3.63, 3.8) is 0 Å². The highest BCUT2D eigenvalue weighted by Crippen LogP contribution is 2.19. The Morgan fingerprint density at radius 2 is 2.08 bits per heavy atom. The van der Waals surface area contributed by atoms with E-state index in [4.69, 9.17) is 14.9 Å². The lowest BCUT2D eigenvalue weighted by Crippen LogP contribution is -2.39. The lowest BCUT2D eigenvalue weighted by Gasteiger charge is -2.16. The first-order chi connectivity index (χ1) is 6.06. The zero-order valence-electron chi connectivity index (χ0n) is 7.14. The highest BCUT2D eigenvalue weighted by molar-refractivity contribution is 5.80. The van der Waals surface area contributed by atoms with Gasteiger partial charge in [-0.15, -0.1) is 0 Å². The molecule has 0 radical (unpaired) electrons. The molecule has 1 rings (SSSR count). The minimum atomic E-state index is -1.22. The van der Waals surface area contributed by atoms with E-state index in [2.05, 4.69) is 0 Å². The standard InChI is InChI=1S/C7H11NO5/c1-13-4-2-5(6(9)10)8(3-4)7(11)12/h4-5H,2-3H2,1H3,(H,9,10)(H,11,12). The van der Waals surface area contributed by atoms with E-state index >= 15 is 0 Å². The molecule has 0 bridgehead atoms. The van der Waals surface area contributed by atoms with Crippen LogP contribution in [0.5, 0.6) is 0 Å². The number of methoxy groups -OCH3 is 1. The van der Waals surface area contributed by atoms with E-state index in [-0.39, 0.29) is 19.1 Å². The molecule has 0 aromatic carbocycles. The molecule has 2 atom stereocenters. The molecule has 1 aliphatic heterocycles. The summed E-state index contributed by atoms with van der Waals surface area (Å²) in [5.41, 5.74) is 0. The normalized spacial score (nSPS) is 27.6. The molecule has 0 spiro atoms. The molecule has 1 amide bonds. The summed E-state index contributed by atoms with van der Waals surface area (Å²) < 4.78 is 4.90. The van der Waals surface area contributed by atoms with Gasteiger partial charge in [-0.3, -0.25) is 4.90 Å². The summed E-state index contributed by atoms with van der Waals surface area (Å²) in [4.78, 5) is 22.1. The van der Waals surface area contributed by atoms with E-state index in [1.807, 2.05) is 0 Å². The topological polar surface area (TPSA) is 87.1 Å². The van der Waals surface area contributed by atoms with Crippen LogP contribution in [0.15, 0.2) is 0 Å². The molecule has 2 N–H and O–H groups in total. The molecule has 1 saturated heterocycles. The summed E-state index contributed by atoms with van der Waals surface area (Å²) in [6.07, 6.45) is -1.30. The fourth-order valence-electron chi connectivity index (χ4n) is 1.41. The van der Waals surface area contributed by atoms with Crippen molar-refractivity contribution in [2.45, 2.75) is 18.6 Å². The third-order valence-electron chi connectivity index (χ3n) is 2.13. The predicted octanol–water partition coefficient (Wildman–Crippen LogP) is -0.162. The van der Waals surface area contributed by atoms with E-state index in [1.54, 1.807) is 0 Å². The molecule has 0 aromatic rings. The first-order valence-corrected chi connectivity index (χ1v) is 3.81. The monoisotopic (exact) mass is 189 g/mol. The highest BCUT2D eigenvalue weighted by atomic mass is 16.5. The van der Waals surface area contributed by atoms with Gasteiger partial charge in [0.2, 0.25) is 0 Å². The summed E-state index contributed by atoms with van der Waals surface area (Å²) in [7, 11) is 1.44. The van der Waals surface area contributed by atoms with E-state index in [0.29, 0.717) is 0 Å². The Morgan fingerprint density at radius 1 is 1.46 bits per heavy atom. The summed E-state index contributed by atoms with van der Waals surface area (Å²) in [5.74, 6) is -1.12. The average molecular weight is 189 g/mol. The third kappa shape index (κ3) is 1.89. The van der Waals surface area contributed by atoms with Gasteiger partial charge in [-0.25, -0.2) is 9.59 Å². The number of likely N-dealkylation sites (tertiary alicyclic amines) is 1. The van der Waals surface area contributed by atoms with Gasteiger partial charge in [-0.05, 0) is 0 Å². The maximum absolute atomic E-state index is 10.6. The SMILES string of the molecule is COC1CC(C(=O)O)N(C(=O)O)C1. The van der Waals surface area contributed by atoms with Crippen LogP contribution in [0.3, 0.4) is 0 Å². The minimum absolute atomic E-state index is 0.128. The fourth-order valence-corrected chi connectivity index (χ4v) is 1.41. The maximum Gasteiger partial charge on any atom is 0.408 e. The molecule has 2 unspecified atom stereocenters. The van der Waals surface area contributed by atoms with Crippen molar-refractivity contribution in [1.29, 1.82) is 0 Å². The Kier molecular flexibility index (Phi) is 2.72. The van der Waals surface area contributed by atoms with Crippen molar-refractivity contribution in [3.05, 3.63) is 0 Å². The van der Waals surface area contributed by atoms with E-state index in [0.717, 1.165) is 4.90 Å². The Morgan fingerprint density at radius 3 is 2.38 bits per heavy atom. The Hall–Kier alpha value is -1.30. The first kappa shape index (κ1) is 9.79. The number of carboxylic acid groups (broad SMARTS) is 2. The number of ether oxygens (including phenoxy) is 1. The van der Waals surface area contributed by atoms with Crippen LogP contribution in [0.1, 0.15) is 6.42 Å². The molecule has 13 heavy (non-hydrogen) atoms. The average Bonchev–Trinajstić information content (AvgIpc) is 2.47. The minimum Gasteiger partial charge on any atom is -0.480 e. The van der Waals surface area contributed by atoms with Crippen LogP contribution < -0.4 is 0 Å². The summed E-state index contributed by atoms with van der Waals surface area (Å²) >= 11 is 0. The summed E-state index contributed by atoms with van der Waals surface area (Å²) in [6, 6.07) is -0.970. The van der Waals surface area contributed by atoms with Crippen LogP contribution in [-0.4, -0.2) is 53.0 Å². The van der Waals surface area contributed by atoms with Crippen LogP contribution >= 0.6 is 0 Å². The molecule has 74 valence electrons. The molecule has 0 aromatic heterocycles. The van der Waals surface area contributed by atoms with Crippen molar-refractivity contribution in [3.8, 4) is 0 Å². The Labute approximate surface area is 74.7 Å². The lowest BCUT2D eigenvalue weighted by molar-refractivity contribution is -0.141. The van der Waals surface area contributed by atoms with Crippen LogP contribution in [-0.2, 0) is 9.53 Å². The molecule has 0 saturated carbocycles. The number of carboxylic acids is 1. The molecular formula is C7H11NO5. The first-order valence-electron chi connectivity index (χ1n) is 3.81. The second kappa shape index (κ2) is 3.61. The summed E-state index contributed by atoms with van der Waals surface area (Å²) in [5, 5.41) is 17.3. The molecule has 0 aliphatic carbocycles. The molecular weight excluding hydrogens is 178 g/mol. The van der Waals surface area contributed by atoms with Gasteiger partial charge >= 0.3 is 12.1 Å². The van der Waals surface area contributed by atoms with Crippen molar-refractivity contribution >= 4 is 12.1 Å². The van der Waals surface area contributed by atoms with Crippen molar-refractivity contribution in [2.75, 3.05) is 13.7 Å². The van der Waals surface area contributed by atoms with Gasteiger partial charge in [0.1, 0.15) is 6.04 Å². The molecule has 1 fully saturated rings. The molecule has 1 heterocycles. The van der Waals surface area contributed by atoms with E-state index < -0.39 is 18.1 Å². The van der Waals surface area contributed by atoms with Crippen LogP contribution in [0.25, 0.3) is 0 Å². The second-order valence-electron chi connectivity index (χ2n) is 2.88. The molecule has 1 aliphatic rings. The Balaban J connectivity index is 2.71. The number of amides is 1. The largest absolute Gasteiger partial charge is 0.480 e. The second-order valence-corrected chi connectivity index (χ2v) is 2.88. The van der Waals surface area contributed by atoms with Gasteiger partial charge < -0.3 is 14.9 Å². The zero-order valence-corrected chi connectivity index (χ0v) is 7.14. The van der Waals surface area contributed by atoms with Crippen molar-refractivity contribution < 1.29 is 24.5 Å². The highest BCUT2D eigenvalue weighted by Gasteiger charge is 2.39. The number of hydrogen-bond acceptors (Lipinski definition) is 3. The smallest absolute Gasteiger partial charge is 0.408 e. The van der Waals surface area contributed by atoms with Crippen molar-refractivity contribution in [2.24, 2.45) is 0 Å². The zero-order chi connectivity index (χ0) is 10.0. The third-order valence-corrected chi connectivity index (χ3v) is 2.13. The number of rotatable bonds is 2. The van der Waals surface area contributed by atoms with Gasteiger partial charge in [-0.2, -0.15) is 0 Å². The van der Waals surface area contributed by atoms with Gasteiger partial charge in [0.25, 0.3) is 0 Å². The number of hydrogen-bond donors (Lipinski definition) is 2. The van der Waals surface area contributed by atoms with Gasteiger partial charge in [0, 0.05) is 13.5 Å². The maximum atomic E-state index is 10.6. The molecule has 6 heteroatoms. The lowest BCUT2D eigenvalue weighted by atomic mass is 10.2.